The minimum absolute atomic E-state index is 0. The first-order chi connectivity index (χ1) is 0. The number of hydrogen-bond acceptors (Lipinski definition) is 0. The summed E-state index contributed by atoms with van der Waals surface area (Å²) < 4.78 is 0. The van der Waals surface area contributed by atoms with Gasteiger partial charge in [0.15, 0.2) is 0 Å². The van der Waals surface area contributed by atoms with E-state index in [1.54, 1.807) is 0 Å². The molecular formula is BiIrOsPtRh. The van der Waals surface area contributed by atoms with Crippen molar-refractivity contribution >= 4 is 26.2 Å². The van der Waals surface area contributed by atoms with Gasteiger partial charge >= 0.3 is 0 Å². The third kappa shape index (κ3) is 18.5. The van der Waals surface area contributed by atoms with Crippen molar-refractivity contribution in [2.24, 2.45) is 0 Å². The Labute approximate surface area is 105 Å². The van der Waals surface area contributed by atoms with Crippen LogP contribution in [-0.4, -0.2) is 26.2 Å². The zero-order chi connectivity index (χ0) is 0. The minimum Gasteiger partial charge on any atom is 0 e. The minimum atomic E-state index is 0. The van der Waals surface area contributed by atoms with E-state index < -0.39 is 0 Å². The van der Waals surface area contributed by atoms with Crippen LogP contribution in [0.1, 0.15) is 0 Å². The molecule has 41 valence electrons. The average Bonchev–Trinajstić information content (AvgIpc) is 0. The third-order valence-electron chi connectivity index (χ3n) is 0. The molecular weight excluding hydrogens is 889 g/mol. The molecule has 0 amide bonds. The fourth-order valence-electron chi connectivity index (χ4n) is 0. The molecule has 0 bridgehead atoms. The Morgan fingerprint density at radius 3 is 1.00 bits per heavy atom. The molecule has 0 aromatic carbocycles. The van der Waals surface area contributed by atoms with Crippen molar-refractivity contribution in [1.29, 1.82) is 0 Å². The maximum absolute atomic E-state index is 0. The zero-order valence-corrected chi connectivity index (χ0v) is 14.1. The summed E-state index contributed by atoms with van der Waals surface area (Å²) in [6.45, 7) is 0. The second-order valence-electron chi connectivity index (χ2n) is 0. The average molecular weight is 889 g/mol. The molecule has 0 spiro atoms. The van der Waals surface area contributed by atoms with E-state index in [0.717, 1.165) is 0 Å². The van der Waals surface area contributed by atoms with E-state index in [1.807, 2.05) is 0 Å². The smallest absolute Gasteiger partial charge is 0 e. The van der Waals surface area contributed by atoms with E-state index in [-0.39, 0.29) is 107 Å². The normalized spacial score (nSPS) is 0. The maximum atomic E-state index is 0. The standard InChI is InChI=1S/Bi.Ir.Os.Pt.Rh. The molecule has 5 heavy (non-hydrogen) atoms. The van der Waals surface area contributed by atoms with E-state index in [0.29, 0.717) is 0 Å². The molecule has 0 aliphatic carbocycles. The number of hydrogen-bond donors (Lipinski definition) is 0. The number of rotatable bonds is 0. The first kappa shape index (κ1) is 39.2. The molecule has 0 aromatic rings. The second-order valence-corrected chi connectivity index (χ2v) is 0. The van der Waals surface area contributed by atoms with Gasteiger partial charge < -0.3 is 0 Å². The van der Waals surface area contributed by atoms with E-state index in [4.69, 9.17) is 0 Å². The molecule has 0 heterocycles. The van der Waals surface area contributed by atoms with Crippen LogP contribution in [-0.2, 0) is 80.4 Å². The van der Waals surface area contributed by atoms with Crippen LogP contribution >= 0.6 is 0 Å². The van der Waals surface area contributed by atoms with Gasteiger partial charge in [0.05, 0.1) is 0 Å². The van der Waals surface area contributed by atoms with Gasteiger partial charge in [-0.15, -0.1) is 0 Å². The van der Waals surface area contributed by atoms with Crippen LogP contribution in [0.2, 0.25) is 0 Å². The Balaban J connectivity index is 0. The van der Waals surface area contributed by atoms with Gasteiger partial charge in [0, 0.05) is 107 Å². The summed E-state index contributed by atoms with van der Waals surface area (Å²) in [7, 11) is 0. The van der Waals surface area contributed by atoms with Gasteiger partial charge in [0.1, 0.15) is 0 Å². The monoisotopic (exact) mass is 892 g/mol. The van der Waals surface area contributed by atoms with E-state index in [2.05, 4.69) is 0 Å². The fourth-order valence-corrected chi connectivity index (χ4v) is 0. The van der Waals surface area contributed by atoms with Crippen molar-refractivity contribution in [3.8, 4) is 0 Å². The van der Waals surface area contributed by atoms with Crippen molar-refractivity contribution < 1.29 is 80.4 Å². The van der Waals surface area contributed by atoms with Crippen LogP contribution in [0.5, 0.6) is 0 Å². The predicted molar refractivity (Wildman–Crippen MR) is 5.75 cm³/mol. The van der Waals surface area contributed by atoms with Gasteiger partial charge in [-0.25, -0.2) is 0 Å². The molecule has 0 nitrogen and oxygen atoms in total. The maximum Gasteiger partial charge on any atom is 0 e. The molecule has 0 fully saturated rings. The SMILES string of the molecule is [Bi].[Ir].[Os].[Pt].[Rh]. The van der Waals surface area contributed by atoms with Gasteiger partial charge in [-0.1, -0.05) is 0 Å². The predicted octanol–water partition coefficient (Wildman–Crippen LogP) is -0.391. The Morgan fingerprint density at radius 1 is 1.00 bits per heavy atom. The molecule has 5 radical (unpaired) electrons. The van der Waals surface area contributed by atoms with Crippen LogP contribution in [0.15, 0.2) is 0 Å². The van der Waals surface area contributed by atoms with Crippen LogP contribution in [0, 0.1) is 0 Å². The van der Waals surface area contributed by atoms with E-state index in [1.165, 1.54) is 0 Å². The Bertz CT molecular complexity index is 11.6. The molecule has 0 aliphatic heterocycles. The molecule has 0 rings (SSSR count). The third-order valence-corrected chi connectivity index (χ3v) is 0. The summed E-state index contributed by atoms with van der Waals surface area (Å²) in [5.41, 5.74) is 0. The van der Waals surface area contributed by atoms with E-state index in [9.17, 15) is 0 Å². The van der Waals surface area contributed by atoms with Gasteiger partial charge in [-0.05, 0) is 0 Å². The summed E-state index contributed by atoms with van der Waals surface area (Å²) in [4.78, 5) is 0. The summed E-state index contributed by atoms with van der Waals surface area (Å²) in [6.07, 6.45) is 0. The first-order valence-electron chi connectivity index (χ1n) is 0. The molecule has 0 N–H and O–H groups in total. The second kappa shape index (κ2) is 25.9. The van der Waals surface area contributed by atoms with Crippen molar-refractivity contribution in [1.82, 2.24) is 0 Å². The van der Waals surface area contributed by atoms with Crippen molar-refractivity contribution in [2.75, 3.05) is 0 Å². The fraction of sp³-hybridized carbons (Fsp3) is 0. The zero-order valence-electron chi connectivity index (χ0n) is 1.78. The molecule has 0 aliphatic rings. The first-order valence-corrected chi connectivity index (χ1v) is 0. The van der Waals surface area contributed by atoms with Crippen molar-refractivity contribution in [3.05, 3.63) is 0 Å². The Kier molecular flexibility index (Phi) is 203. The van der Waals surface area contributed by atoms with Crippen molar-refractivity contribution in [3.63, 3.8) is 0 Å². The van der Waals surface area contributed by atoms with Crippen LogP contribution in [0.25, 0.3) is 0 Å². The van der Waals surface area contributed by atoms with Crippen LogP contribution < -0.4 is 0 Å². The summed E-state index contributed by atoms with van der Waals surface area (Å²) in [6, 6.07) is 0. The quantitative estimate of drug-likeness (QED) is 0.292. The molecule has 0 aromatic heterocycles. The van der Waals surface area contributed by atoms with Crippen LogP contribution in [0.3, 0.4) is 0 Å². The van der Waals surface area contributed by atoms with Gasteiger partial charge in [-0.2, -0.15) is 0 Å². The van der Waals surface area contributed by atoms with Gasteiger partial charge in [0.25, 0.3) is 0 Å². The van der Waals surface area contributed by atoms with Gasteiger partial charge in [0.2, 0.25) is 0 Å². The topological polar surface area (TPSA) is 0 Å². The molecule has 0 atom stereocenters. The van der Waals surface area contributed by atoms with Gasteiger partial charge in [-0.3, -0.25) is 0 Å². The Morgan fingerprint density at radius 2 is 1.00 bits per heavy atom. The molecule has 0 saturated carbocycles. The van der Waals surface area contributed by atoms with E-state index >= 15 is 0 Å². The molecule has 0 unspecified atom stereocenters. The summed E-state index contributed by atoms with van der Waals surface area (Å²) in [5, 5.41) is 0. The molecule has 5 heteroatoms. The summed E-state index contributed by atoms with van der Waals surface area (Å²) in [5.74, 6) is 0. The van der Waals surface area contributed by atoms with Crippen LogP contribution in [0.4, 0.5) is 0 Å². The molecule has 0 saturated heterocycles. The largest absolute Gasteiger partial charge is 0 e. The Hall–Kier alpha value is 3.48. The van der Waals surface area contributed by atoms with Crippen molar-refractivity contribution in [2.45, 2.75) is 0 Å². The summed E-state index contributed by atoms with van der Waals surface area (Å²) >= 11 is 0.